The Bertz CT molecular complexity index is 801. The van der Waals surface area contributed by atoms with E-state index in [4.69, 9.17) is 16.0 Å². The van der Waals surface area contributed by atoms with E-state index in [0.29, 0.717) is 18.1 Å². The van der Waals surface area contributed by atoms with Gasteiger partial charge in [0.1, 0.15) is 23.1 Å². The Morgan fingerprint density at radius 3 is 2.88 bits per heavy atom. The molecule has 26 heavy (non-hydrogen) atoms. The Morgan fingerprint density at radius 1 is 1.42 bits per heavy atom. The molecule has 0 radical (unpaired) electrons. The van der Waals surface area contributed by atoms with Crippen LogP contribution in [0.5, 0.6) is 5.75 Å². The van der Waals surface area contributed by atoms with Gasteiger partial charge in [0.2, 0.25) is 0 Å². The van der Waals surface area contributed by atoms with Crippen molar-refractivity contribution >= 4 is 17.6 Å². The fourth-order valence-corrected chi connectivity index (χ4v) is 2.13. The standard InChI is InChI=1S/C18H22FN5O2.H2/c1-3-4-10-26-15-9-8-12(19)11-13(15)18(25)23-16-7-5-6-14(22-16)17(20)24(2)21;/h5-9,11,20H,3-4,10,21H2,1-2H3,(H,22,23,25);1H. The molecule has 1 aromatic carbocycles. The molecule has 0 fully saturated rings. The monoisotopic (exact) mass is 361 g/mol. The molecule has 140 valence electrons. The minimum absolute atomic E-state index is 0. The normalized spacial score (nSPS) is 10.3. The number of amidine groups is 1. The van der Waals surface area contributed by atoms with Gasteiger partial charge < -0.3 is 10.1 Å². The van der Waals surface area contributed by atoms with Gasteiger partial charge >= 0.3 is 0 Å². The van der Waals surface area contributed by atoms with Crippen molar-refractivity contribution in [3.05, 3.63) is 53.5 Å². The smallest absolute Gasteiger partial charge is 0.260 e. The zero-order valence-electron chi connectivity index (χ0n) is 14.8. The first-order valence-corrected chi connectivity index (χ1v) is 8.20. The lowest BCUT2D eigenvalue weighted by atomic mass is 10.1. The second-order valence-electron chi connectivity index (χ2n) is 5.66. The molecule has 0 saturated carbocycles. The number of hydrogen-bond donors (Lipinski definition) is 3. The third-order valence-electron chi connectivity index (χ3n) is 3.53. The van der Waals surface area contributed by atoms with Crippen LogP contribution in [-0.4, -0.2) is 35.4 Å². The average Bonchev–Trinajstić information content (AvgIpc) is 2.62. The van der Waals surface area contributed by atoms with E-state index in [2.05, 4.69) is 10.3 Å². The van der Waals surface area contributed by atoms with E-state index in [1.807, 2.05) is 6.92 Å². The zero-order valence-corrected chi connectivity index (χ0v) is 14.8. The topological polar surface area (TPSA) is 104 Å². The van der Waals surface area contributed by atoms with Gasteiger partial charge in [-0.25, -0.2) is 15.2 Å². The van der Waals surface area contributed by atoms with E-state index < -0.39 is 11.7 Å². The lowest BCUT2D eigenvalue weighted by Gasteiger charge is -2.14. The first-order chi connectivity index (χ1) is 12.4. The first kappa shape index (κ1) is 19.3. The number of benzene rings is 1. The number of nitrogens with two attached hydrogens (primary N) is 1. The number of amides is 1. The van der Waals surface area contributed by atoms with Crippen molar-refractivity contribution in [1.29, 1.82) is 5.41 Å². The van der Waals surface area contributed by atoms with Crippen LogP contribution in [0.25, 0.3) is 0 Å². The van der Waals surface area contributed by atoms with Crippen molar-refractivity contribution in [3.63, 3.8) is 0 Å². The van der Waals surface area contributed by atoms with Gasteiger partial charge in [0.05, 0.1) is 12.2 Å². The molecule has 0 saturated heterocycles. The molecule has 0 atom stereocenters. The number of hydrazine groups is 1. The van der Waals surface area contributed by atoms with E-state index in [1.54, 1.807) is 18.2 Å². The number of hydrogen-bond acceptors (Lipinski definition) is 5. The van der Waals surface area contributed by atoms with E-state index in [0.717, 1.165) is 23.9 Å². The summed E-state index contributed by atoms with van der Waals surface area (Å²) in [6.45, 7) is 2.47. The fraction of sp³-hybridized carbons (Fsp3) is 0.278. The lowest BCUT2D eigenvalue weighted by Crippen LogP contribution is -2.33. The van der Waals surface area contributed by atoms with Crippen molar-refractivity contribution < 1.29 is 15.3 Å². The molecule has 4 N–H and O–H groups in total. The molecule has 1 aromatic heterocycles. The highest BCUT2D eigenvalue weighted by Gasteiger charge is 2.16. The molecule has 0 aliphatic carbocycles. The molecule has 0 aliphatic heterocycles. The van der Waals surface area contributed by atoms with Crippen LogP contribution in [0.15, 0.2) is 36.4 Å². The molecule has 2 rings (SSSR count). The van der Waals surface area contributed by atoms with Crippen molar-refractivity contribution in [3.8, 4) is 5.75 Å². The number of unbranched alkanes of at least 4 members (excludes halogenated alkanes) is 1. The van der Waals surface area contributed by atoms with Crippen LogP contribution < -0.4 is 15.9 Å². The van der Waals surface area contributed by atoms with Gasteiger partial charge in [0.25, 0.3) is 5.91 Å². The Balaban J connectivity index is 0.00000364. The van der Waals surface area contributed by atoms with Crippen molar-refractivity contribution in [1.82, 2.24) is 9.99 Å². The van der Waals surface area contributed by atoms with Crippen LogP contribution in [0.1, 0.15) is 37.2 Å². The number of carbonyl (C=O) groups is 1. The van der Waals surface area contributed by atoms with Crippen LogP contribution in [0.2, 0.25) is 0 Å². The summed E-state index contributed by atoms with van der Waals surface area (Å²) in [5.74, 6) is 4.97. The molecule has 2 aromatic rings. The number of nitrogens with zero attached hydrogens (tertiary/aromatic N) is 2. The molecule has 0 bridgehead atoms. The minimum atomic E-state index is -0.548. The highest BCUT2D eigenvalue weighted by Crippen LogP contribution is 2.21. The van der Waals surface area contributed by atoms with Crippen LogP contribution in [0.4, 0.5) is 10.2 Å². The third kappa shape index (κ3) is 5.00. The van der Waals surface area contributed by atoms with E-state index in [-0.39, 0.29) is 18.6 Å². The number of pyridine rings is 1. The molecule has 0 spiro atoms. The number of nitrogens with one attached hydrogen (secondary N) is 2. The van der Waals surface area contributed by atoms with Crippen LogP contribution in [0, 0.1) is 11.2 Å². The number of carbonyl (C=O) groups excluding carboxylic acids is 1. The second kappa shape index (κ2) is 8.91. The highest BCUT2D eigenvalue weighted by atomic mass is 19.1. The summed E-state index contributed by atoms with van der Waals surface area (Å²) in [7, 11) is 1.52. The van der Waals surface area contributed by atoms with E-state index in [9.17, 15) is 9.18 Å². The van der Waals surface area contributed by atoms with Crippen molar-refractivity contribution in [2.75, 3.05) is 19.0 Å². The van der Waals surface area contributed by atoms with E-state index in [1.165, 1.54) is 19.2 Å². The summed E-state index contributed by atoms with van der Waals surface area (Å²) in [5.41, 5.74) is 0.380. The SMILES string of the molecule is CCCCOc1ccc(F)cc1C(=O)Nc1cccc(C(=N)N(C)N)n1.[HH]. The summed E-state index contributed by atoms with van der Waals surface area (Å²) < 4.78 is 19.2. The fourth-order valence-electron chi connectivity index (χ4n) is 2.13. The summed E-state index contributed by atoms with van der Waals surface area (Å²) in [4.78, 5) is 16.7. The number of aromatic nitrogens is 1. The molecule has 1 heterocycles. The maximum atomic E-state index is 13.6. The summed E-state index contributed by atoms with van der Waals surface area (Å²) in [6, 6.07) is 8.61. The van der Waals surface area contributed by atoms with Gasteiger partial charge in [0.15, 0.2) is 5.84 Å². The predicted molar refractivity (Wildman–Crippen MR) is 99.9 cm³/mol. The lowest BCUT2D eigenvalue weighted by molar-refractivity contribution is 0.102. The second-order valence-corrected chi connectivity index (χ2v) is 5.66. The molecule has 0 unspecified atom stereocenters. The molecule has 1 amide bonds. The Morgan fingerprint density at radius 2 is 2.19 bits per heavy atom. The minimum Gasteiger partial charge on any atom is -0.493 e. The van der Waals surface area contributed by atoms with E-state index >= 15 is 0 Å². The van der Waals surface area contributed by atoms with Gasteiger partial charge in [-0.3, -0.25) is 15.2 Å². The van der Waals surface area contributed by atoms with Crippen molar-refractivity contribution in [2.24, 2.45) is 5.84 Å². The largest absolute Gasteiger partial charge is 0.493 e. The highest BCUT2D eigenvalue weighted by molar-refractivity contribution is 6.06. The number of halogens is 1. The molecule has 8 heteroatoms. The Labute approximate surface area is 152 Å². The average molecular weight is 361 g/mol. The number of ether oxygens (including phenoxy) is 1. The van der Waals surface area contributed by atoms with Gasteiger partial charge in [-0.05, 0) is 36.8 Å². The summed E-state index contributed by atoms with van der Waals surface area (Å²) in [5, 5.41) is 11.5. The van der Waals surface area contributed by atoms with Gasteiger partial charge in [0, 0.05) is 8.47 Å². The first-order valence-electron chi connectivity index (χ1n) is 8.20. The zero-order chi connectivity index (χ0) is 19.1. The number of rotatable bonds is 7. The number of anilines is 1. The maximum absolute atomic E-state index is 13.6. The third-order valence-corrected chi connectivity index (χ3v) is 3.53. The summed E-state index contributed by atoms with van der Waals surface area (Å²) >= 11 is 0. The predicted octanol–water partition coefficient (Wildman–Crippen LogP) is 3.03. The van der Waals surface area contributed by atoms with Gasteiger partial charge in [-0.1, -0.05) is 19.4 Å². The molecule has 0 aliphatic rings. The summed E-state index contributed by atoms with van der Waals surface area (Å²) in [6.07, 6.45) is 1.78. The Kier molecular flexibility index (Phi) is 6.62. The van der Waals surface area contributed by atoms with Gasteiger partial charge in [-0.2, -0.15) is 0 Å². The quantitative estimate of drug-likeness (QED) is 0.231. The van der Waals surface area contributed by atoms with Crippen LogP contribution in [-0.2, 0) is 0 Å². The molecular weight excluding hydrogens is 337 g/mol. The van der Waals surface area contributed by atoms with Crippen LogP contribution >= 0.6 is 0 Å². The van der Waals surface area contributed by atoms with Gasteiger partial charge in [-0.15, -0.1) is 0 Å². The maximum Gasteiger partial charge on any atom is 0.260 e. The molecule has 7 nitrogen and oxygen atoms in total. The van der Waals surface area contributed by atoms with Crippen LogP contribution in [0.3, 0.4) is 0 Å². The van der Waals surface area contributed by atoms with Crippen molar-refractivity contribution in [2.45, 2.75) is 19.8 Å². The molecular formula is C18H24FN5O2. The Hall–Kier alpha value is -3.00.